The molecule has 0 saturated heterocycles. The van der Waals surface area contributed by atoms with E-state index in [0.717, 1.165) is 29.8 Å². The van der Waals surface area contributed by atoms with Gasteiger partial charge in [0.05, 0.1) is 25.8 Å². The predicted molar refractivity (Wildman–Crippen MR) is 85.5 cm³/mol. The number of methoxy groups -OCH3 is 2. The maximum absolute atomic E-state index is 11.7. The molecule has 3 rings (SSSR count). The minimum absolute atomic E-state index is 0.200. The van der Waals surface area contributed by atoms with Crippen molar-refractivity contribution in [2.75, 3.05) is 19.5 Å². The van der Waals surface area contributed by atoms with E-state index < -0.39 is 0 Å². The molecule has 1 aliphatic heterocycles. The van der Waals surface area contributed by atoms with Crippen molar-refractivity contribution in [2.24, 2.45) is 0 Å². The summed E-state index contributed by atoms with van der Waals surface area (Å²) in [7, 11) is 3.08. The smallest absolute Gasteiger partial charge is 0.337 e. The van der Waals surface area contributed by atoms with E-state index in [-0.39, 0.29) is 12.0 Å². The summed E-state index contributed by atoms with van der Waals surface area (Å²) in [4.78, 5) is 11.7. The number of hydrogen-bond donors (Lipinski definition) is 1. The molecule has 1 aliphatic rings. The molecule has 1 unspecified atom stereocenters. The van der Waals surface area contributed by atoms with Crippen molar-refractivity contribution >= 4 is 11.7 Å². The molecule has 0 fully saturated rings. The number of fused-ring (bicyclic) bond motifs is 1. The first-order valence-corrected chi connectivity index (χ1v) is 7.33. The number of nitrogens with one attached hydrogen (secondary N) is 1. The zero-order valence-corrected chi connectivity index (χ0v) is 12.8. The van der Waals surface area contributed by atoms with E-state index >= 15 is 0 Å². The van der Waals surface area contributed by atoms with Gasteiger partial charge in [-0.3, -0.25) is 0 Å². The van der Waals surface area contributed by atoms with Gasteiger partial charge in [0.2, 0.25) is 0 Å². The highest BCUT2D eigenvalue weighted by atomic mass is 16.5. The quantitative estimate of drug-likeness (QED) is 0.880. The average Bonchev–Trinajstić information content (AvgIpc) is 2.60. The van der Waals surface area contributed by atoms with Crippen molar-refractivity contribution in [1.82, 2.24) is 0 Å². The number of aryl methyl sites for hydroxylation is 1. The Morgan fingerprint density at radius 1 is 1.18 bits per heavy atom. The Hall–Kier alpha value is -2.49. The van der Waals surface area contributed by atoms with E-state index in [2.05, 4.69) is 11.4 Å². The first-order valence-electron chi connectivity index (χ1n) is 7.33. The van der Waals surface area contributed by atoms with Gasteiger partial charge in [-0.25, -0.2) is 4.79 Å². The topological polar surface area (TPSA) is 47.6 Å². The molecule has 0 aliphatic carbocycles. The SMILES string of the molecule is COC(=O)c1cccc(C2CCc3cc(OC)ccc3N2)c1. The molecule has 0 radical (unpaired) electrons. The highest BCUT2D eigenvalue weighted by Crippen LogP contribution is 2.34. The summed E-state index contributed by atoms with van der Waals surface area (Å²) in [5, 5.41) is 3.54. The molecule has 2 aromatic rings. The Kier molecular flexibility index (Phi) is 4.00. The van der Waals surface area contributed by atoms with Crippen molar-refractivity contribution in [3.63, 3.8) is 0 Å². The fourth-order valence-electron chi connectivity index (χ4n) is 2.85. The molecule has 0 spiro atoms. The molecule has 2 aromatic carbocycles. The van der Waals surface area contributed by atoms with Crippen LogP contribution < -0.4 is 10.1 Å². The minimum Gasteiger partial charge on any atom is -0.497 e. The predicted octanol–water partition coefficient (Wildman–Crippen LogP) is 3.58. The number of carbonyl (C=O) groups excluding carboxylic acids is 1. The van der Waals surface area contributed by atoms with E-state index in [0.29, 0.717) is 5.56 Å². The summed E-state index contributed by atoms with van der Waals surface area (Å²) >= 11 is 0. The van der Waals surface area contributed by atoms with Gasteiger partial charge in [-0.1, -0.05) is 12.1 Å². The standard InChI is InChI=1S/C18H19NO3/c1-21-15-7-9-17-13(11-15)6-8-16(19-17)12-4-3-5-14(10-12)18(20)22-2/h3-5,7,9-11,16,19H,6,8H2,1-2H3. The Morgan fingerprint density at radius 3 is 2.82 bits per heavy atom. The number of ether oxygens (including phenoxy) is 2. The van der Waals surface area contributed by atoms with Gasteiger partial charge in [-0.05, 0) is 54.3 Å². The summed E-state index contributed by atoms with van der Waals surface area (Å²) in [6, 6.07) is 13.9. The second-order valence-electron chi connectivity index (χ2n) is 5.38. The monoisotopic (exact) mass is 297 g/mol. The number of hydrogen-bond acceptors (Lipinski definition) is 4. The maximum atomic E-state index is 11.7. The zero-order chi connectivity index (χ0) is 15.5. The normalized spacial score (nSPS) is 16.4. The van der Waals surface area contributed by atoms with Crippen LogP contribution in [0, 0.1) is 0 Å². The van der Waals surface area contributed by atoms with Crippen LogP contribution in [0.5, 0.6) is 5.75 Å². The van der Waals surface area contributed by atoms with Crippen LogP contribution in [0.2, 0.25) is 0 Å². The molecule has 0 bridgehead atoms. The molecule has 0 amide bonds. The molecule has 0 saturated carbocycles. The lowest BCUT2D eigenvalue weighted by molar-refractivity contribution is 0.0600. The van der Waals surface area contributed by atoms with Crippen molar-refractivity contribution in [3.05, 3.63) is 59.2 Å². The number of rotatable bonds is 3. The Labute approximate surface area is 130 Å². The van der Waals surface area contributed by atoms with Gasteiger partial charge in [0.25, 0.3) is 0 Å². The molecule has 4 nitrogen and oxygen atoms in total. The highest BCUT2D eigenvalue weighted by Gasteiger charge is 2.20. The highest BCUT2D eigenvalue weighted by molar-refractivity contribution is 5.89. The molecule has 1 heterocycles. The first kappa shape index (κ1) is 14.4. The summed E-state index contributed by atoms with van der Waals surface area (Å²) in [5.74, 6) is 0.578. The Balaban J connectivity index is 1.84. The van der Waals surface area contributed by atoms with Crippen LogP contribution in [-0.2, 0) is 11.2 Å². The largest absolute Gasteiger partial charge is 0.497 e. The van der Waals surface area contributed by atoms with Gasteiger partial charge in [-0.15, -0.1) is 0 Å². The number of benzene rings is 2. The lowest BCUT2D eigenvalue weighted by atomic mass is 9.92. The fourth-order valence-corrected chi connectivity index (χ4v) is 2.85. The molecular formula is C18H19NO3. The zero-order valence-electron chi connectivity index (χ0n) is 12.8. The first-order chi connectivity index (χ1) is 10.7. The summed E-state index contributed by atoms with van der Waals surface area (Å²) in [6.45, 7) is 0. The number of carbonyl (C=O) groups is 1. The van der Waals surface area contributed by atoms with Crippen molar-refractivity contribution in [3.8, 4) is 5.75 Å². The third kappa shape index (κ3) is 2.77. The summed E-state index contributed by atoms with van der Waals surface area (Å²) in [6.07, 6.45) is 1.96. The lowest BCUT2D eigenvalue weighted by Crippen LogP contribution is -2.18. The molecule has 4 heteroatoms. The van der Waals surface area contributed by atoms with Gasteiger partial charge >= 0.3 is 5.97 Å². The van der Waals surface area contributed by atoms with Gasteiger partial charge in [-0.2, -0.15) is 0 Å². The van der Waals surface area contributed by atoms with Gasteiger partial charge in [0.15, 0.2) is 0 Å². The van der Waals surface area contributed by atoms with Crippen molar-refractivity contribution in [1.29, 1.82) is 0 Å². The second-order valence-corrected chi connectivity index (χ2v) is 5.38. The van der Waals surface area contributed by atoms with Crippen molar-refractivity contribution < 1.29 is 14.3 Å². The van der Waals surface area contributed by atoms with E-state index in [9.17, 15) is 4.79 Å². The van der Waals surface area contributed by atoms with E-state index in [1.165, 1.54) is 12.7 Å². The Morgan fingerprint density at radius 2 is 2.05 bits per heavy atom. The fraction of sp³-hybridized carbons (Fsp3) is 0.278. The molecule has 1 N–H and O–H groups in total. The third-order valence-electron chi connectivity index (χ3n) is 4.05. The summed E-state index contributed by atoms with van der Waals surface area (Å²) < 4.78 is 10.1. The van der Waals surface area contributed by atoms with Gasteiger partial charge < -0.3 is 14.8 Å². The maximum Gasteiger partial charge on any atom is 0.337 e. The lowest BCUT2D eigenvalue weighted by Gasteiger charge is -2.28. The number of anilines is 1. The van der Waals surface area contributed by atoms with Crippen LogP contribution in [-0.4, -0.2) is 20.2 Å². The van der Waals surface area contributed by atoms with Gasteiger partial charge in [0, 0.05) is 5.69 Å². The van der Waals surface area contributed by atoms with Crippen molar-refractivity contribution in [2.45, 2.75) is 18.9 Å². The van der Waals surface area contributed by atoms with Crippen LogP contribution in [0.1, 0.15) is 33.9 Å². The minimum atomic E-state index is -0.303. The van der Waals surface area contributed by atoms with Crippen LogP contribution in [0.3, 0.4) is 0 Å². The molecule has 0 aromatic heterocycles. The van der Waals surface area contributed by atoms with Crippen LogP contribution >= 0.6 is 0 Å². The Bertz CT molecular complexity index is 696. The van der Waals surface area contributed by atoms with Crippen LogP contribution in [0.15, 0.2) is 42.5 Å². The van der Waals surface area contributed by atoms with Gasteiger partial charge in [0.1, 0.15) is 5.75 Å². The van der Waals surface area contributed by atoms with E-state index in [1.807, 2.05) is 30.3 Å². The summed E-state index contributed by atoms with van der Waals surface area (Å²) in [5.41, 5.74) is 4.08. The third-order valence-corrected chi connectivity index (χ3v) is 4.05. The molecule has 22 heavy (non-hydrogen) atoms. The van der Waals surface area contributed by atoms with E-state index in [4.69, 9.17) is 9.47 Å². The number of esters is 1. The molecular weight excluding hydrogens is 278 g/mol. The van der Waals surface area contributed by atoms with Crippen LogP contribution in [0.25, 0.3) is 0 Å². The average molecular weight is 297 g/mol. The van der Waals surface area contributed by atoms with E-state index in [1.54, 1.807) is 13.2 Å². The van der Waals surface area contributed by atoms with Crippen LogP contribution in [0.4, 0.5) is 5.69 Å². The molecule has 1 atom stereocenters. The second kappa shape index (κ2) is 6.10. The molecule has 114 valence electrons.